The molecule has 0 aliphatic carbocycles. The van der Waals surface area contributed by atoms with Crippen LogP contribution in [0.3, 0.4) is 0 Å². The SMILES string of the molecule is [CH2-][Si]1(C)CCC1.[Li+]. The third-order valence-electron chi connectivity index (χ3n) is 1.56. The van der Waals surface area contributed by atoms with Crippen molar-refractivity contribution in [3.05, 3.63) is 6.55 Å². The third-order valence-corrected chi connectivity index (χ3v) is 4.68. The van der Waals surface area contributed by atoms with Gasteiger partial charge in [0, 0.05) is 0 Å². The first kappa shape index (κ1) is 7.81. The molecule has 1 saturated heterocycles. The van der Waals surface area contributed by atoms with Gasteiger partial charge in [0.2, 0.25) is 0 Å². The summed E-state index contributed by atoms with van der Waals surface area (Å²) in [5.74, 6) is 0. The molecule has 0 aromatic rings. The van der Waals surface area contributed by atoms with Crippen molar-refractivity contribution in [2.45, 2.75) is 25.1 Å². The van der Waals surface area contributed by atoms with Crippen LogP contribution in [-0.2, 0) is 0 Å². The Kier molecular flexibility index (Phi) is 2.67. The van der Waals surface area contributed by atoms with Crippen LogP contribution >= 0.6 is 0 Å². The van der Waals surface area contributed by atoms with E-state index in [1.165, 1.54) is 18.5 Å². The van der Waals surface area contributed by atoms with Gasteiger partial charge < -0.3 is 6.55 Å². The normalized spacial score (nSPS) is 24.9. The average Bonchev–Trinajstić information content (AvgIpc) is 1.32. The minimum Gasteiger partial charge on any atom is -0.342 e. The fraction of sp³-hybridized carbons (Fsp3) is 0.800. The molecule has 2 heteroatoms. The van der Waals surface area contributed by atoms with Gasteiger partial charge in [-0.05, 0) is 0 Å². The Morgan fingerprint density at radius 2 is 1.71 bits per heavy atom. The molecule has 1 aliphatic heterocycles. The summed E-state index contributed by atoms with van der Waals surface area (Å²) >= 11 is 0. The predicted molar refractivity (Wildman–Crippen MR) is 31.2 cm³/mol. The molecular formula is C5H11LiSi. The van der Waals surface area contributed by atoms with Crippen molar-refractivity contribution in [3.8, 4) is 0 Å². The third kappa shape index (κ3) is 2.03. The monoisotopic (exact) mass is 106 g/mol. The van der Waals surface area contributed by atoms with Crippen molar-refractivity contribution in [1.29, 1.82) is 0 Å². The zero-order chi connectivity index (χ0) is 4.62. The van der Waals surface area contributed by atoms with Gasteiger partial charge in [-0.3, -0.25) is 0 Å². The first-order valence-corrected chi connectivity index (χ1v) is 5.68. The van der Waals surface area contributed by atoms with E-state index in [4.69, 9.17) is 0 Å². The Morgan fingerprint density at radius 1 is 1.43 bits per heavy atom. The molecule has 0 saturated carbocycles. The van der Waals surface area contributed by atoms with E-state index in [2.05, 4.69) is 13.1 Å². The molecule has 0 aromatic carbocycles. The van der Waals surface area contributed by atoms with E-state index >= 15 is 0 Å². The van der Waals surface area contributed by atoms with Crippen LogP contribution in [0.2, 0.25) is 18.6 Å². The summed E-state index contributed by atoms with van der Waals surface area (Å²) in [6.07, 6.45) is 1.46. The van der Waals surface area contributed by atoms with Crippen LogP contribution in [-0.4, -0.2) is 8.07 Å². The van der Waals surface area contributed by atoms with Crippen molar-refractivity contribution >= 4 is 8.07 Å². The van der Waals surface area contributed by atoms with Crippen molar-refractivity contribution in [1.82, 2.24) is 0 Å². The second kappa shape index (κ2) is 2.39. The molecule has 1 rings (SSSR count). The van der Waals surface area contributed by atoms with Crippen LogP contribution in [0, 0.1) is 6.55 Å². The number of hydrogen-bond acceptors (Lipinski definition) is 0. The summed E-state index contributed by atoms with van der Waals surface area (Å²) in [6.45, 7) is 6.47. The van der Waals surface area contributed by atoms with Gasteiger partial charge >= 0.3 is 18.9 Å². The summed E-state index contributed by atoms with van der Waals surface area (Å²) in [7, 11) is -0.701. The van der Waals surface area contributed by atoms with E-state index in [0.717, 1.165) is 0 Å². The second-order valence-electron chi connectivity index (χ2n) is 2.66. The number of rotatable bonds is 0. The summed E-state index contributed by atoms with van der Waals surface area (Å²) in [5, 5.41) is 0. The van der Waals surface area contributed by atoms with E-state index in [9.17, 15) is 0 Å². The fourth-order valence-electron chi connectivity index (χ4n) is 0.780. The van der Waals surface area contributed by atoms with E-state index in [0.29, 0.717) is 0 Å². The summed E-state index contributed by atoms with van der Waals surface area (Å²) < 4.78 is 0. The Labute approximate surface area is 58.9 Å². The maximum absolute atomic E-state index is 4.11. The molecule has 0 spiro atoms. The van der Waals surface area contributed by atoms with Crippen LogP contribution < -0.4 is 18.9 Å². The Hall–Kier alpha value is 0.814. The molecule has 1 aliphatic rings. The van der Waals surface area contributed by atoms with Gasteiger partial charge in [-0.1, -0.05) is 33.1 Å². The van der Waals surface area contributed by atoms with E-state index in [1.807, 2.05) is 0 Å². The van der Waals surface area contributed by atoms with Gasteiger partial charge in [-0.2, -0.15) is 0 Å². The van der Waals surface area contributed by atoms with Crippen molar-refractivity contribution in [2.24, 2.45) is 0 Å². The van der Waals surface area contributed by atoms with Gasteiger partial charge in [0.15, 0.2) is 0 Å². The largest absolute Gasteiger partial charge is 1.00 e. The maximum atomic E-state index is 4.11. The molecule has 0 N–H and O–H groups in total. The minimum absolute atomic E-state index is 0. The van der Waals surface area contributed by atoms with Gasteiger partial charge in [-0.15, -0.1) is 0 Å². The Bertz CT molecular complexity index is 55.1. The van der Waals surface area contributed by atoms with Gasteiger partial charge in [0.1, 0.15) is 0 Å². The molecule has 0 nitrogen and oxygen atoms in total. The molecule has 0 atom stereocenters. The smallest absolute Gasteiger partial charge is 0.342 e. The summed E-state index contributed by atoms with van der Waals surface area (Å²) in [5.41, 5.74) is 0. The van der Waals surface area contributed by atoms with Crippen LogP contribution in [0.15, 0.2) is 0 Å². The van der Waals surface area contributed by atoms with Crippen molar-refractivity contribution < 1.29 is 18.9 Å². The quantitative estimate of drug-likeness (QED) is 0.270. The van der Waals surface area contributed by atoms with Gasteiger partial charge in [0.05, 0.1) is 0 Å². The molecule has 0 bridgehead atoms. The Balaban J connectivity index is 0.000000360. The minimum atomic E-state index is -0.701. The van der Waals surface area contributed by atoms with Crippen LogP contribution in [0.25, 0.3) is 0 Å². The zero-order valence-electron chi connectivity index (χ0n) is 5.33. The maximum Gasteiger partial charge on any atom is 1.00 e. The average molecular weight is 106 g/mol. The molecule has 0 radical (unpaired) electrons. The molecule has 0 unspecified atom stereocenters. The topological polar surface area (TPSA) is 0 Å². The first-order chi connectivity index (χ1) is 2.71. The molecule has 0 aromatic heterocycles. The molecule has 36 valence electrons. The van der Waals surface area contributed by atoms with Crippen LogP contribution in [0.1, 0.15) is 6.42 Å². The first-order valence-electron chi connectivity index (χ1n) is 2.56. The molecule has 1 fully saturated rings. The van der Waals surface area contributed by atoms with Crippen molar-refractivity contribution in [3.63, 3.8) is 0 Å². The second-order valence-corrected chi connectivity index (χ2v) is 7.29. The number of hydrogen-bond donors (Lipinski definition) is 0. The standard InChI is InChI=1S/C5H11Si.Li/c1-6(2)4-3-5-6;/h1,3-5H2,2H3;/q-1;+1. The van der Waals surface area contributed by atoms with E-state index in [1.54, 1.807) is 0 Å². The van der Waals surface area contributed by atoms with Crippen LogP contribution in [0.4, 0.5) is 0 Å². The molecule has 1 heterocycles. The summed E-state index contributed by atoms with van der Waals surface area (Å²) in [4.78, 5) is 0. The van der Waals surface area contributed by atoms with Crippen molar-refractivity contribution in [2.75, 3.05) is 0 Å². The molecular weight excluding hydrogens is 95.1 g/mol. The van der Waals surface area contributed by atoms with E-state index in [-0.39, 0.29) is 18.9 Å². The van der Waals surface area contributed by atoms with E-state index < -0.39 is 8.07 Å². The summed E-state index contributed by atoms with van der Waals surface area (Å²) in [6, 6.07) is 2.96. The fourth-order valence-corrected chi connectivity index (χ4v) is 2.34. The molecule has 7 heavy (non-hydrogen) atoms. The van der Waals surface area contributed by atoms with Gasteiger partial charge in [-0.25, -0.2) is 0 Å². The molecule has 0 amide bonds. The Morgan fingerprint density at radius 3 is 1.71 bits per heavy atom. The van der Waals surface area contributed by atoms with Crippen LogP contribution in [0.5, 0.6) is 0 Å². The zero-order valence-corrected chi connectivity index (χ0v) is 6.33. The van der Waals surface area contributed by atoms with Gasteiger partial charge in [0.25, 0.3) is 0 Å². The predicted octanol–water partition coefficient (Wildman–Crippen LogP) is -1.15.